The highest BCUT2D eigenvalue weighted by Gasteiger charge is 2.12. The summed E-state index contributed by atoms with van der Waals surface area (Å²) in [6, 6.07) is 19.1. The zero-order valence-corrected chi connectivity index (χ0v) is 15.6. The molecule has 0 saturated heterocycles. The summed E-state index contributed by atoms with van der Waals surface area (Å²) >= 11 is 0. The lowest BCUT2D eigenvalue weighted by Crippen LogP contribution is -2.18. The molecule has 0 radical (unpaired) electrons. The summed E-state index contributed by atoms with van der Waals surface area (Å²) in [5.74, 6) is -0.942. The van der Waals surface area contributed by atoms with Crippen molar-refractivity contribution in [2.24, 2.45) is 5.10 Å². The first-order valence-electron chi connectivity index (χ1n) is 8.70. The average Bonchev–Trinajstić information content (AvgIpc) is 2.74. The van der Waals surface area contributed by atoms with E-state index in [0.717, 1.165) is 11.3 Å². The Morgan fingerprint density at radius 1 is 0.966 bits per heavy atom. The summed E-state index contributed by atoms with van der Waals surface area (Å²) in [6.45, 7) is 0. The molecule has 0 aliphatic rings. The Hall–Kier alpha value is -4.00. The first-order valence-corrected chi connectivity index (χ1v) is 8.70. The van der Waals surface area contributed by atoms with Crippen LogP contribution in [0.15, 0.2) is 77.9 Å². The summed E-state index contributed by atoms with van der Waals surface area (Å²) < 4.78 is 18.8. The molecule has 0 aromatic heterocycles. The third kappa shape index (κ3) is 5.26. The van der Waals surface area contributed by atoms with E-state index in [1.54, 1.807) is 55.6 Å². The van der Waals surface area contributed by atoms with Crippen LogP contribution in [0.5, 0.6) is 5.75 Å². The number of carbonyl (C=O) groups is 2. The zero-order chi connectivity index (χ0) is 20.6. The van der Waals surface area contributed by atoms with Crippen LogP contribution in [0.4, 0.5) is 10.1 Å². The lowest BCUT2D eigenvalue weighted by atomic mass is 10.1. The van der Waals surface area contributed by atoms with Crippen LogP contribution in [0.2, 0.25) is 0 Å². The van der Waals surface area contributed by atoms with E-state index in [-0.39, 0.29) is 5.56 Å². The number of methoxy groups -OCH3 is 1. The van der Waals surface area contributed by atoms with Gasteiger partial charge in [-0.15, -0.1) is 0 Å². The van der Waals surface area contributed by atoms with Crippen molar-refractivity contribution < 1.29 is 18.7 Å². The number of benzene rings is 3. The molecule has 3 rings (SSSR count). The third-order valence-electron chi connectivity index (χ3n) is 4.00. The van der Waals surface area contributed by atoms with Gasteiger partial charge in [-0.2, -0.15) is 5.10 Å². The Balaban J connectivity index is 1.63. The van der Waals surface area contributed by atoms with Crippen LogP contribution in [0, 0.1) is 5.82 Å². The van der Waals surface area contributed by atoms with E-state index in [4.69, 9.17) is 4.74 Å². The summed E-state index contributed by atoms with van der Waals surface area (Å²) in [6.07, 6.45) is 1.50. The molecule has 0 heterocycles. The molecule has 2 N–H and O–H groups in total. The van der Waals surface area contributed by atoms with Gasteiger partial charge in [0, 0.05) is 11.3 Å². The molecular weight excluding hydrogens is 373 g/mol. The van der Waals surface area contributed by atoms with Gasteiger partial charge in [-0.1, -0.05) is 18.2 Å². The SMILES string of the molecule is COc1ccc(/C=N\NC(=O)c2cccc(NC(=O)c3ccccc3F)c2)cc1. The van der Waals surface area contributed by atoms with Crippen molar-refractivity contribution in [3.8, 4) is 5.75 Å². The smallest absolute Gasteiger partial charge is 0.271 e. The van der Waals surface area contributed by atoms with Crippen molar-refractivity contribution in [1.82, 2.24) is 5.43 Å². The van der Waals surface area contributed by atoms with Gasteiger partial charge < -0.3 is 10.1 Å². The van der Waals surface area contributed by atoms with Crippen LogP contribution in [0.25, 0.3) is 0 Å². The zero-order valence-electron chi connectivity index (χ0n) is 15.6. The minimum Gasteiger partial charge on any atom is -0.497 e. The number of anilines is 1. The van der Waals surface area contributed by atoms with Crippen LogP contribution >= 0.6 is 0 Å². The predicted octanol–water partition coefficient (Wildman–Crippen LogP) is 3.85. The van der Waals surface area contributed by atoms with Gasteiger partial charge in [-0.25, -0.2) is 9.82 Å². The first-order chi connectivity index (χ1) is 14.1. The topological polar surface area (TPSA) is 79.8 Å². The molecule has 0 aliphatic carbocycles. The number of carbonyl (C=O) groups excluding carboxylic acids is 2. The van der Waals surface area contributed by atoms with Crippen LogP contribution in [0.1, 0.15) is 26.3 Å². The van der Waals surface area contributed by atoms with Gasteiger partial charge >= 0.3 is 0 Å². The number of halogens is 1. The Bertz CT molecular complexity index is 1050. The molecule has 146 valence electrons. The predicted molar refractivity (Wildman–Crippen MR) is 109 cm³/mol. The molecular formula is C22H18FN3O3. The maximum absolute atomic E-state index is 13.7. The van der Waals surface area contributed by atoms with Gasteiger partial charge in [0.25, 0.3) is 11.8 Å². The highest BCUT2D eigenvalue weighted by Crippen LogP contribution is 2.14. The second-order valence-electron chi connectivity index (χ2n) is 5.99. The summed E-state index contributed by atoms with van der Waals surface area (Å²) in [7, 11) is 1.58. The lowest BCUT2D eigenvalue weighted by Gasteiger charge is -2.07. The second-order valence-corrected chi connectivity index (χ2v) is 5.99. The highest BCUT2D eigenvalue weighted by atomic mass is 19.1. The fourth-order valence-electron chi connectivity index (χ4n) is 2.50. The largest absolute Gasteiger partial charge is 0.497 e. The third-order valence-corrected chi connectivity index (χ3v) is 4.00. The minimum absolute atomic E-state index is 0.0774. The number of ether oxygens (including phenoxy) is 1. The summed E-state index contributed by atoms with van der Waals surface area (Å²) in [5, 5.41) is 6.50. The van der Waals surface area contributed by atoms with Crippen molar-refractivity contribution >= 4 is 23.7 Å². The van der Waals surface area contributed by atoms with E-state index >= 15 is 0 Å². The van der Waals surface area contributed by atoms with E-state index in [0.29, 0.717) is 11.3 Å². The number of hydrogen-bond donors (Lipinski definition) is 2. The van der Waals surface area contributed by atoms with Crippen molar-refractivity contribution in [1.29, 1.82) is 0 Å². The number of nitrogens with zero attached hydrogens (tertiary/aromatic N) is 1. The fraction of sp³-hybridized carbons (Fsp3) is 0.0455. The summed E-state index contributed by atoms with van der Waals surface area (Å²) in [5.41, 5.74) is 3.80. The van der Waals surface area contributed by atoms with Crippen molar-refractivity contribution in [2.45, 2.75) is 0 Å². The van der Waals surface area contributed by atoms with Crippen molar-refractivity contribution in [3.05, 3.63) is 95.3 Å². The molecule has 0 fully saturated rings. The maximum atomic E-state index is 13.7. The standard InChI is InChI=1S/C22H18FN3O3/c1-29-18-11-9-15(10-12-18)14-24-26-21(27)16-5-4-6-17(13-16)25-22(28)19-7-2-3-8-20(19)23/h2-14H,1H3,(H,25,28)(H,26,27)/b24-14-. The van der Waals surface area contributed by atoms with E-state index in [1.165, 1.54) is 30.5 Å². The van der Waals surface area contributed by atoms with E-state index in [1.807, 2.05) is 0 Å². The summed E-state index contributed by atoms with van der Waals surface area (Å²) in [4.78, 5) is 24.5. The number of hydrogen-bond acceptors (Lipinski definition) is 4. The van der Waals surface area contributed by atoms with Crippen LogP contribution < -0.4 is 15.5 Å². The molecule has 0 saturated carbocycles. The van der Waals surface area contributed by atoms with Crippen LogP contribution in [-0.2, 0) is 0 Å². The number of rotatable bonds is 6. The van der Waals surface area contributed by atoms with Crippen molar-refractivity contribution in [2.75, 3.05) is 12.4 Å². The van der Waals surface area contributed by atoms with Gasteiger partial charge in [0.2, 0.25) is 0 Å². The lowest BCUT2D eigenvalue weighted by molar-refractivity contribution is 0.0953. The van der Waals surface area contributed by atoms with Crippen molar-refractivity contribution in [3.63, 3.8) is 0 Å². The Morgan fingerprint density at radius 2 is 1.72 bits per heavy atom. The maximum Gasteiger partial charge on any atom is 0.271 e. The molecule has 0 aliphatic heterocycles. The monoisotopic (exact) mass is 391 g/mol. The van der Waals surface area contributed by atoms with E-state index in [2.05, 4.69) is 15.8 Å². The fourth-order valence-corrected chi connectivity index (χ4v) is 2.50. The second kappa shape index (κ2) is 9.27. The molecule has 0 atom stereocenters. The molecule has 0 spiro atoms. The molecule has 29 heavy (non-hydrogen) atoms. The Labute approximate surface area is 167 Å². The number of hydrazone groups is 1. The first kappa shape index (κ1) is 19.8. The molecule has 3 aromatic carbocycles. The Kier molecular flexibility index (Phi) is 6.32. The normalized spacial score (nSPS) is 10.6. The van der Waals surface area contributed by atoms with Gasteiger partial charge in [0.05, 0.1) is 18.9 Å². The number of amides is 2. The highest BCUT2D eigenvalue weighted by molar-refractivity contribution is 6.05. The van der Waals surface area contributed by atoms with Gasteiger partial charge in [0.15, 0.2) is 0 Å². The number of nitrogens with one attached hydrogen (secondary N) is 2. The van der Waals surface area contributed by atoms with Crippen LogP contribution in [-0.4, -0.2) is 25.1 Å². The van der Waals surface area contributed by atoms with Crippen LogP contribution in [0.3, 0.4) is 0 Å². The molecule has 0 unspecified atom stereocenters. The average molecular weight is 391 g/mol. The Morgan fingerprint density at radius 3 is 2.45 bits per heavy atom. The van der Waals surface area contributed by atoms with Gasteiger partial charge in [-0.05, 0) is 60.2 Å². The van der Waals surface area contributed by atoms with Gasteiger partial charge in [0.1, 0.15) is 11.6 Å². The molecule has 2 amide bonds. The van der Waals surface area contributed by atoms with Gasteiger partial charge in [-0.3, -0.25) is 9.59 Å². The van der Waals surface area contributed by atoms with E-state index in [9.17, 15) is 14.0 Å². The quantitative estimate of drug-likeness (QED) is 0.495. The molecule has 3 aromatic rings. The minimum atomic E-state index is -0.619. The molecule has 7 heteroatoms. The molecule has 0 bridgehead atoms. The van der Waals surface area contributed by atoms with E-state index < -0.39 is 17.6 Å². The molecule has 6 nitrogen and oxygen atoms in total.